The van der Waals surface area contributed by atoms with Crippen molar-refractivity contribution in [3.05, 3.63) is 54.6 Å². The number of hydrogen-bond donors (Lipinski definition) is 3. The Morgan fingerprint density at radius 1 is 0.810 bits per heavy atom. The number of rotatable bonds is 2. The first-order chi connectivity index (χ1) is 10.1. The van der Waals surface area contributed by atoms with Gasteiger partial charge in [0.25, 0.3) is 0 Å². The molecule has 0 spiro atoms. The van der Waals surface area contributed by atoms with E-state index in [0.29, 0.717) is 15.7 Å². The topological polar surface area (TPSA) is 57.5 Å². The molecule has 0 fully saturated rings. The zero-order valence-electron chi connectivity index (χ0n) is 10.9. The zero-order chi connectivity index (χ0) is 15.0. The molecule has 106 valence electrons. The van der Waals surface area contributed by atoms with Gasteiger partial charge in [-0.1, -0.05) is 42.5 Å². The Bertz CT molecular complexity index is 845. The Hall–Kier alpha value is -1.98. The molecule has 0 amide bonds. The Kier molecular flexibility index (Phi) is 3.61. The maximum Gasteiger partial charge on any atom is 0.141 e. The third-order valence-electron chi connectivity index (χ3n) is 3.23. The van der Waals surface area contributed by atoms with Gasteiger partial charge in [0.1, 0.15) is 16.4 Å². The highest BCUT2D eigenvalue weighted by Gasteiger charge is 2.22. The molecular weight excluding hydrogens is 304 g/mol. The quantitative estimate of drug-likeness (QED) is 0.499. The lowest BCUT2D eigenvalue weighted by Crippen LogP contribution is -1.96. The smallest absolute Gasteiger partial charge is 0.141 e. The summed E-state index contributed by atoms with van der Waals surface area (Å²) in [6.07, 6.45) is 0. The first-order valence-electron chi connectivity index (χ1n) is 6.23. The molecule has 3 nitrogen and oxygen atoms in total. The van der Waals surface area contributed by atoms with Gasteiger partial charge in [-0.15, -0.1) is 12.6 Å². The molecule has 0 radical (unpaired) electrons. The van der Waals surface area contributed by atoms with Crippen LogP contribution in [-0.4, -0.2) is 14.4 Å². The SMILES string of the molecule is O=S(c1ccccc1)c1c(S)c(O)c2ccccc2c1O. The standard InChI is InChI=1S/C16H12O3S2/c17-13-11-8-4-5-9-12(11)14(18)16(15(13)20)21(19)10-6-2-1-3-7-10/h1-9,17-18,20H. The van der Waals surface area contributed by atoms with E-state index in [9.17, 15) is 14.4 Å². The van der Waals surface area contributed by atoms with Gasteiger partial charge in [0, 0.05) is 15.7 Å². The summed E-state index contributed by atoms with van der Waals surface area (Å²) >= 11 is 4.24. The van der Waals surface area contributed by atoms with Crippen LogP contribution in [0.25, 0.3) is 10.8 Å². The van der Waals surface area contributed by atoms with Crippen molar-refractivity contribution in [2.24, 2.45) is 0 Å². The summed E-state index contributed by atoms with van der Waals surface area (Å²) in [4.78, 5) is 0.798. The number of aromatic hydroxyl groups is 2. The minimum Gasteiger partial charge on any atom is -0.506 e. The summed E-state index contributed by atoms with van der Waals surface area (Å²) in [6.45, 7) is 0. The van der Waals surface area contributed by atoms with Crippen LogP contribution in [0.1, 0.15) is 0 Å². The Morgan fingerprint density at radius 3 is 1.95 bits per heavy atom. The third kappa shape index (κ3) is 2.28. The monoisotopic (exact) mass is 316 g/mol. The Labute approximate surface area is 129 Å². The lowest BCUT2D eigenvalue weighted by molar-refractivity contribution is 0.444. The van der Waals surface area contributed by atoms with Crippen molar-refractivity contribution in [3.63, 3.8) is 0 Å². The van der Waals surface area contributed by atoms with Crippen molar-refractivity contribution in [3.8, 4) is 11.5 Å². The number of benzene rings is 3. The van der Waals surface area contributed by atoms with Crippen molar-refractivity contribution >= 4 is 34.2 Å². The molecule has 0 saturated carbocycles. The predicted molar refractivity (Wildman–Crippen MR) is 85.6 cm³/mol. The number of phenols is 2. The van der Waals surface area contributed by atoms with E-state index >= 15 is 0 Å². The zero-order valence-corrected chi connectivity index (χ0v) is 12.6. The van der Waals surface area contributed by atoms with E-state index < -0.39 is 10.8 Å². The average Bonchev–Trinajstić information content (AvgIpc) is 2.53. The van der Waals surface area contributed by atoms with Gasteiger partial charge in [0.15, 0.2) is 0 Å². The van der Waals surface area contributed by atoms with E-state index in [1.165, 1.54) is 0 Å². The molecular formula is C16H12O3S2. The molecule has 0 saturated heterocycles. The van der Waals surface area contributed by atoms with Gasteiger partial charge in [-0.3, -0.25) is 0 Å². The van der Waals surface area contributed by atoms with E-state index in [-0.39, 0.29) is 21.3 Å². The molecule has 3 aromatic carbocycles. The van der Waals surface area contributed by atoms with Crippen LogP contribution in [0.3, 0.4) is 0 Å². The van der Waals surface area contributed by atoms with Crippen LogP contribution >= 0.6 is 12.6 Å². The van der Waals surface area contributed by atoms with Crippen molar-refractivity contribution in [2.75, 3.05) is 0 Å². The third-order valence-corrected chi connectivity index (χ3v) is 5.29. The molecule has 0 heterocycles. The van der Waals surface area contributed by atoms with Gasteiger partial charge < -0.3 is 10.2 Å². The lowest BCUT2D eigenvalue weighted by atomic mass is 10.1. The first-order valence-corrected chi connectivity index (χ1v) is 7.83. The van der Waals surface area contributed by atoms with E-state index in [1.54, 1.807) is 48.5 Å². The fraction of sp³-hybridized carbons (Fsp3) is 0. The van der Waals surface area contributed by atoms with Gasteiger partial charge in [-0.05, 0) is 12.1 Å². The number of phenolic OH excluding ortho intramolecular Hbond substituents is 2. The van der Waals surface area contributed by atoms with E-state index in [2.05, 4.69) is 12.6 Å². The van der Waals surface area contributed by atoms with Crippen LogP contribution < -0.4 is 0 Å². The van der Waals surface area contributed by atoms with Crippen LogP contribution in [0, 0.1) is 0 Å². The van der Waals surface area contributed by atoms with Gasteiger partial charge in [0.2, 0.25) is 0 Å². The first kappa shape index (κ1) is 14.0. The van der Waals surface area contributed by atoms with Crippen molar-refractivity contribution in [1.82, 2.24) is 0 Å². The predicted octanol–water partition coefficient (Wildman–Crippen LogP) is 3.71. The Balaban J connectivity index is 2.31. The fourth-order valence-corrected chi connectivity index (χ4v) is 3.88. The molecule has 1 atom stereocenters. The summed E-state index contributed by atoms with van der Waals surface area (Å²) < 4.78 is 12.7. The van der Waals surface area contributed by atoms with Crippen LogP contribution in [0.4, 0.5) is 0 Å². The Morgan fingerprint density at radius 2 is 1.33 bits per heavy atom. The highest BCUT2D eigenvalue weighted by Crippen LogP contribution is 2.44. The highest BCUT2D eigenvalue weighted by molar-refractivity contribution is 7.86. The summed E-state index contributed by atoms with van der Waals surface area (Å²) in [5.74, 6) is -0.193. The van der Waals surface area contributed by atoms with Crippen LogP contribution in [-0.2, 0) is 10.8 Å². The van der Waals surface area contributed by atoms with E-state index in [0.717, 1.165) is 0 Å². The second kappa shape index (κ2) is 5.42. The molecule has 5 heteroatoms. The van der Waals surface area contributed by atoms with Crippen LogP contribution in [0.2, 0.25) is 0 Å². The summed E-state index contributed by atoms with van der Waals surface area (Å²) in [6, 6.07) is 15.6. The minimum atomic E-state index is -1.62. The molecule has 0 aliphatic rings. The number of thiol groups is 1. The molecule has 3 aromatic rings. The molecule has 2 N–H and O–H groups in total. The van der Waals surface area contributed by atoms with Crippen molar-refractivity contribution in [1.29, 1.82) is 0 Å². The summed E-state index contributed by atoms with van der Waals surface area (Å²) in [7, 11) is -1.62. The lowest BCUT2D eigenvalue weighted by Gasteiger charge is -2.13. The van der Waals surface area contributed by atoms with Gasteiger partial charge >= 0.3 is 0 Å². The van der Waals surface area contributed by atoms with Crippen molar-refractivity contribution < 1.29 is 14.4 Å². The number of hydrogen-bond acceptors (Lipinski definition) is 4. The van der Waals surface area contributed by atoms with Gasteiger partial charge in [-0.2, -0.15) is 0 Å². The number of fused-ring (bicyclic) bond motifs is 1. The van der Waals surface area contributed by atoms with Gasteiger partial charge in [-0.25, -0.2) is 4.21 Å². The summed E-state index contributed by atoms with van der Waals surface area (Å²) in [5.41, 5.74) is 0. The van der Waals surface area contributed by atoms with Gasteiger partial charge in [0.05, 0.1) is 15.7 Å². The largest absolute Gasteiger partial charge is 0.506 e. The fourth-order valence-electron chi connectivity index (χ4n) is 2.20. The van der Waals surface area contributed by atoms with Crippen LogP contribution in [0.15, 0.2) is 69.3 Å². The molecule has 1 unspecified atom stereocenters. The normalized spacial score (nSPS) is 12.4. The molecule has 21 heavy (non-hydrogen) atoms. The highest BCUT2D eigenvalue weighted by atomic mass is 32.2. The molecule has 0 bridgehead atoms. The van der Waals surface area contributed by atoms with E-state index in [4.69, 9.17) is 0 Å². The molecule has 0 aromatic heterocycles. The van der Waals surface area contributed by atoms with E-state index in [1.807, 2.05) is 6.07 Å². The minimum absolute atomic E-state index is 0.0778. The average molecular weight is 316 g/mol. The molecule has 3 rings (SSSR count). The second-order valence-corrected chi connectivity index (χ2v) is 6.37. The summed E-state index contributed by atoms with van der Waals surface area (Å²) in [5, 5.41) is 21.6. The van der Waals surface area contributed by atoms with Crippen LogP contribution in [0.5, 0.6) is 11.5 Å². The van der Waals surface area contributed by atoms with Crippen molar-refractivity contribution in [2.45, 2.75) is 14.7 Å². The maximum absolute atomic E-state index is 12.7. The molecule has 0 aliphatic heterocycles. The second-order valence-electron chi connectivity index (χ2n) is 4.50. The maximum atomic E-state index is 12.7. The molecule has 0 aliphatic carbocycles.